The van der Waals surface area contributed by atoms with Crippen LogP contribution in [0.1, 0.15) is 51.3 Å². The highest BCUT2D eigenvalue weighted by Gasteiger charge is 2.34. The number of aromatic nitrogens is 2. The smallest absolute Gasteiger partial charge is 0.134 e. The quantitative estimate of drug-likeness (QED) is 0.914. The Kier molecular flexibility index (Phi) is 4.08. The van der Waals surface area contributed by atoms with E-state index in [1.165, 1.54) is 38.5 Å². The maximum Gasteiger partial charge on any atom is 0.134 e. The van der Waals surface area contributed by atoms with E-state index in [2.05, 4.69) is 28.2 Å². The highest BCUT2D eigenvalue weighted by atomic mass is 15.2. The van der Waals surface area contributed by atoms with Crippen molar-refractivity contribution in [2.75, 3.05) is 23.3 Å². The molecule has 3 rings (SSSR count). The largest absolute Gasteiger partial charge is 0.370 e. The van der Waals surface area contributed by atoms with E-state index in [0.717, 1.165) is 36.5 Å². The summed E-state index contributed by atoms with van der Waals surface area (Å²) in [5, 5.41) is 3.32. The van der Waals surface area contributed by atoms with E-state index in [0.29, 0.717) is 6.04 Å². The van der Waals surface area contributed by atoms with Crippen LogP contribution >= 0.6 is 0 Å². The van der Waals surface area contributed by atoms with Gasteiger partial charge in [0.25, 0.3) is 0 Å². The lowest BCUT2D eigenvalue weighted by Gasteiger charge is -2.30. The van der Waals surface area contributed by atoms with E-state index in [1.54, 1.807) is 0 Å². The molecule has 20 heavy (non-hydrogen) atoms. The third-order valence-electron chi connectivity index (χ3n) is 4.72. The second-order valence-corrected chi connectivity index (χ2v) is 6.14. The summed E-state index contributed by atoms with van der Waals surface area (Å²) >= 11 is 0. The Balaban J connectivity index is 1.83. The SMILES string of the molecule is CCNc1cc(N2CCCC2C2CCCC2)nc(C)n1. The Labute approximate surface area is 122 Å². The van der Waals surface area contributed by atoms with Crippen LogP contribution in [0.5, 0.6) is 0 Å². The van der Waals surface area contributed by atoms with Crippen molar-refractivity contribution in [3.05, 3.63) is 11.9 Å². The molecule has 4 heteroatoms. The molecule has 2 heterocycles. The van der Waals surface area contributed by atoms with E-state index in [4.69, 9.17) is 4.98 Å². The fourth-order valence-corrected chi connectivity index (χ4v) is 3.88. The van der Waals surface area contributed by atoms with Gasteiger partial charge in [0.1, 0.15) is 17.5 Å². The van der Waals surface area contributed by atoms with Crippen LogP contribution in [0.25, 0.3) is 0 Å². The lowest BCUT2D eigenvalue weighted by Crippen LogP contribution is -2.35. The minimum absolute atomic E-state index is 0.710. The number of hydrogen-bond donors (Lipinski definition) is 1. The first-order chi connectivity index (χ1) is 9.78. The highest BCUT2D eigenvalue weighted by molar-refractivity contribution is 5.50. The molecule has 1 unspecified atom stereocenters. The van der Waals surface area contributed by atoms with Gasteiger partial charge in [0.05, 0.1) is 0 Å². The Morgan fingerprint density at radius 3 is 2.75 bits per heavy atom. The molecule has 4 nitrogen and oxygen atoms in total. The van der Waals surface area contributed by atoms with Gasteiger partial charge >= 0.3 is 0 Å². The Morgan fingerprint density at radius 1 is 1.20 bits per heavy atom. The molecular formula is C16H26N4. The predicted octanol–water partition coefficient (Wildman–Crippen LogP) is 3.38. The van der Waals surface area contributed by atoms with Crippen LogP contribution in [0, 0.1) is 12.8 Å². The van der Waals surface area contributed by atoms with Crippen LogP contribution in [-0.2, 0) is 0 Å². The van der Waals surface area contributed by atoms with Gasteiger partial charge in [-0.1, -0.05) is 12.8 Å². The minimum atomic E-state index is 0.710. The zero-order valence-electron chi connectivity index (χ0n) is 12.7. The van der Waals surface area contributed by atoms with Gasteiger partial charge < -0.3 is 10.2 Å². The van der Waals surface area contributed by atoms with Crippen molar-refractivity contribution in [3.63, 3.8) is 0 Å². The van der Waals surface area contributed by atoms with Gasteiger partial charge in [-0.05, 0) is 45.4 Å². The highest BCUT2D eigenvalue weighted by Crippen LogP contribution is 2.37. The molecule has 0 amide bonds. The number of nitrogens with zero attached hydrogens (tertiary/aromatic N) is 3. The number of rotatable bonds is 4. The van der Waals surface area contributed by atoms with Crippen LogP contribution in [-0.4, -0.2) is 29.1 Å². The molecule has 1 saturated carbocycles. The first kappa shape index (κ1) is 13.7. The van der Waals surface area contributed by atoms with Crippen LogP contribution in [0.2, 0.25) is 0 Å². The summed E-state index contributed by atoms with van der Waals surface area (Å²) in [6, 6.07) is 2.84. The van der Waals surface area contributed by atoms with Crippen molar-refractivity contribution in [2.24, 2.45) is 5.92 Å². The van der Waals surface area contributed by atoms with E-state index in [9.17, 15) is 0 Å². The molecule has 1 aliphatic carbocycles. The maximum absolute atomic E-state index is 4.69. The van der Waals surface area contributed by atoms with Gasteiger partial charge in [-0.25, -0.2) is 9.97 Å². The number of anilines is 2. The summed E-state index contributed by atoms with van der Waals surface area (Å²) in [4.78, 5) is 11.7. The molecule has 1 aromatic rings. The third-order valence-corrected chi connectivity index (χ3v) is 4.72. The fourth-order valence-electron chi connectivity index (χ4n) is 3.88. The van der Waals surface area contributed by atoms with Gasteiger partial charge in [0, 0.05) is 25.2 Å². The predicted molar refractivity (Wildman–Crippen MR) is 83.3 cm³/mol. The second kappa shape index (κ2) is 5.98. The van der Waals surface area contributed by atoms with E-state index < -0.39 is 0 Å². The van der Waals surface area contributed by atoms with Crippen molar-refractivity contribution < 1.29 is 0 Å². The fraction of sp³-hybridized carbons (Fsp3) is 0.750. The average molecular weight is 274 g/mol. The Bertz CT molecular complexity index is 454. The number of aryl methyl sites for hydroxylation is 1. The van der Waals surface area contributed by atoms with Gasteiger partial charge in [0.15, 0.2) is 0 Å². The maximum atomic E-state index is 4.69. The standard InChI is InChI=1S/C16H26N4/c1-3-17-15-11-16(19-12(2)18-15)20-10-6-9-14(20)13-7-4-5-8-13/h11,13-14H,3-10H2,1-2H3,(H,17,18,19). The van der Waals surface area contributed by atoms with Crippen LogP contribution in [0.15, 0.2) is 6.07 Å². The summed E-state index contributed by atoms with van der Waals surface area (Å²) < 4.78 is 0. The molecule has 1 saturated heterocycles. The topological polar surface area (TPSA) is 41.0 Å². The molecule has 1 atom stereocenters. The Hall–Kier alpha value is -1.32. The van der Waals surface area contributed by atoms with Crippen molar-refractivity contribution >= 4 is 11.6 Å². The zero-order valence-corrected chi connectivity index (χ0v) is 12.7. The molecule has 0 radical (unpaired) electrons. The molecule has 0 bridgehead atoms. The first-order valence-electron chi connectivity index (χ1n) is 8.14. The van der Waals surface area contributed by atoms with E-state index >= 15 is 0 Å². The van der Waals surface area contributed by atoms with Gasteiger partial charge in [0.2, 0.25) is 0 Å². The molecule has 110 valence electrons. The molecule has 2 fully saturated rings. The van der Waals surface area contributed by atoms with Crippen LogP contribution in [0.4, 0.5) is 11.6 Å². The van der Waals surface area contributed by atoms with Crippen molar-refractivity contribution in [1.29, 1.82) is 0 Å². The summed E-state index contributed by atoms with van der Waals surface area (Å²) in [5.41, 5.74) is 0. The van der Waals surface area contributed by atoms with E-state index in [-0.39, 0.29) is 0 Å². The third kappa shape index (κ3) is 2.74. The van der Waals surface area contributed by atoms with Gasteiger partial charge in [-0.15, -0.1) is 0 Å². The molecule has 2 aliphatic rings. The first-order valence-corrected chi connectivity index (χ1v) is 8.14. The number of nitrogens with one attached hydrogen (secondary N) is 1. The van der Waals surface area contributed by atoms with Crippen LogP contribution < -0.4 is 10.2 Å². The van der Waals surface area contributed by atoms with Crippen molar-refractivity contribution in [1.82, 2.24) is 9.97 Å². The number of hydrogen-bond acceptors (Lipinski definition) is 4. The summed E-state index contributed by atoms with van der Waals surface area (Å²) in [7, 11) is 0. The molecule has 1 aliphatic heterocycles. The molecule has 0 spiro atoms. The molecule has 0 aromatic carbocycles. The average Bonchev–Trinajstić information content (AvgIpc) is 3.09. The summed E-state index contributed by atoms with van der Waals surface area (Å²) in [5.74, 6) is 3.85. The molecular weight excluding hydrogens is 248 g/mol. The van der Waals surface area contributed by atoms with Crippen molar-refractivity contribution in [3.8, 4) is 0 Å². The lowest BCUT2D eigenvalue weighted by molar-refractivity contribution is 0.429. The monoisotopic (exact) mass is 274 g/mol. The summed E-state index contributed by atoms with van der Waals surface area (Å²) in [6.07, 6.45) is 8.29. The Morgan fingerprint density at radius 2 is 2.00 bits per heavy atom. The molecule has 1 N–H and O–H groups in total. The molecule has 1 aromatic heterocycles. The van der Waals surface area contributed by atoms with Crippen LogP contribution in [0.3, 0.4) is 0 Å². The van der Waals surface area contributed by atoms with Gasteiger partial charge in [-0.2, -0.15) is 0 Å². The van der Waals surface area contributed by atoms with E-state index in [1.807, 2.05) is 6.92 Å². The second-order valence-electron chi connectivity index (χ2n) is 6.14. The van der Waals surface area contributed by atoms with Gasteiger partial charge in [-0.3, -0.25) is 0 Å². The van der Waals surface area contributed by atoms with Crippen molar-refractivity contribution in [2.45, 2.75) is 58.4 Å². The lowest BCUT2D eigenvalue weighted by atomic mass is 9.96. The minimum Gasteiger partial charge on any atom is -0.370 e. The summed E-state index contributed by atoms with van der Waals surface area (Å²) in [6.45, 7) is 6.16. The zero-order chi connectivity index (χ0) is 13.9. The normalized spacial score (nSPS) is 23.5.